The van der Waals surface area contributed by atoms with Crippen molar-refractivity contribution >= 4 is 27.0 Å². The molecule has 1 unspecified atom stereocenters. The number of benzene rings is 1. The Morgan fingerprint density at radius 1 is 1.10 bits per heavy atom. The van der Waals surface area contributed by atoms with Gasteiger partial charge in [0.2, 0.25) is 15.9 Å². The van der Waals surface area contributed by atoms with Crippen molar-refractivity contribution in [1.29, 1.82) is 0 Å². The number of amides is 1. The third-order valence-electron chi connectivity index (χ3n) is 6.58. The van der Waals surface area contributed by atoms with E-state index in [0.29, 0.717) is 42.4 Å². The average molecular weight is 433 g/mol. The first-order valence-electron chi connectivity index (χ1n) is 11.1. The molecule has 2 aliphatic heterocycles. The van der Waals surface area contributed by atoms with E-state index in [9.17, 15) is 13.2 Å². The number of fused-ring (bicyclic) bond motifs is 1. The number of rotatable bonds is 5. The molecule has 2 aliphatic rings. The number of hydrogen-bond donors (Lipinski definition) is 0. The average Bonchev–Trinajstić information content (AvgIpc) is 3.08. The van der Waals surface area contributed by atoms with Crippen molar-refractivity contribution in [2.75, 3.05) is 19.6 Å². The maximum Gasteiger partial charge on any atom is 0.243 e. The normalized spacial score (nSPS) is 21.3. The molecule has 8 heteroatoms. The smallest absolute Gasteiger partial charge is 0.243 e. The third-order valence-corrected chi connectivity index (χ3v) is 8.48. The Morgan fingerprint density at radius 2 is 1.83 bits per heavy atom. The second-order valence-corrected chi connectivity index (χ2v) is 10.6. The summed E-state index contributed by atoms with van der Waals surface area (Å²) in [4.78, 5) is 19.7. The summed E-state index contributed by atoms with van der Waals surface area (Å²) in [5.41, 5.74) is 1.56. The van der Waals surface area contributed by atoms with Crippen LogP contribution < -0.4 is 0 Å². The lowest BCUT2D eigenvalue weighted by Gasteiger charge is -2.33. The Bertz CT molecular complexity index is 1020. The summed E-state index contributed by atoms with van der Waals surface area (Å²) in [5, 5.41) is 0. The highest BCUT2D eigenvalue weighted by Gasteiger charge is 2.27. The summed E-state index contributed by atoms with van der Waals surface area (Å²) in [6.07, 6.45) is 7.25. The van der Waals surface area contributed by atoms with Gasteiger partial charge >= 0.3 is 0 Å². The number of sulfonamides is 1. The predicted molar refractivity (Wildman–Crippen MR) is 117 cm³/mol. The third kappa shape index (κ3) is 4.12. The fourth-order valence-electron chi connectivity index (χ4n) is 4.70. The van der Waals surface area contributed by atoms with E-state index in [1.807, 2.05) is 22.6 Å². The van der Waals surface area contributed by atoms with Crippen LogP contribution in [0.2, 0.25) is 0 Å². The van der Waals surface area contributed by atoms with E-state index in [1.165, 1.54) is 6.42 Å². The van der Waals surface area contributed by atoms with Crippen molar-refractivity contribution in [1.82, 2.24) is 18.8 Å². The first-order chi connectivity index (χ1) is 14.4. The van der Waals surface area contributed by atoms with Gasteiger partial charge in [-0.25, -0.2) is 13.4 Å². The number of imidazole rings is 1. The summed E-state index contributed by atoms with van der Waals surface area (Å²) >= 11 is 0. The van der Waals surface area contributed by atoms with Crippen molar-refractivity contribution in [3.63, 3.8) is 0 Å². The molecule has 164 valence electrons. The number of carbonyl (C=O) groups excluding carboxylic acids is 1. The van der Waals surface area contributed by atoms with Gasteiger partial charge in [-0.05, 0) is 57.2 Å². The Hall–Kier alpha value is -1.93. The van der Waals surface area contributed by atoms with E-state index >= 15 is 0 Å². The first kappa shape index (κ1) is 21.3. The lowest BCUT2D eigenvalue weighted by Crippen LogP contribution is -2.42. The molecule has 2 saturated heterocycles. The van der Waals surface area contributed by atoms with Gasteiger partial charge in [0, 0.05) is 45.6 Å². The molecule has 2 aromatic rings. The van der Waals surface area contributed by atoms with Crippen LogP contribution in [0.25, 0.3) is 11.0 Å². The van der Waals surface area contributed by atoms with Gasteiger partial charge < -0.3 is 9.47 Å². The van der Waals surface area contributed by atoms with Gasteiger partial charge in [-0.2, -0.15) is 4.31 Å². The molecule has 30 heavy (non-hydrogen) atoms. The second-order valence-electron chi connectivity index (χ2n) is 8.63. The number of piperidine rings is 2. The van der Waals surface area contributed by atoms with E-state index in [2.05, 4.69) is 11.9 Å². The molecule has 4 rings (SSSR count). The molecule has 7 nitrogen and oxygen atoms in total. The second kappa shape index (κ2) is 8.67. The summed E-state index contributed by atoms with van der Waals surface area (Å²) in [5.74, 6) is 0.998. The number of nitrogens with zero attached hydrogens (tertiary/aromatic N) is 4. The largest absolute Gasteiger partial charge is 0.340 e. The number of likely N-dealkylation sites (tertiary alicyclic amines) is 1. The number of aromatic nitrogens is 2. The zero-order valence-corrected chi connectivity index (χ0v) is 18.8. The quantitative estimate of drug-likeness (QED) is 0.728. The van der Waals surface area contributed by atoms with Gasteiger partial charge in [-0.3, -0.25) is 4.79 Å². The van der Waals surface area contributed by atoms with Gasteiger partial charge in [-0.1, -0.05) is 6.42 Å². The summed E-state index contributed by atoms with van der Waals surface area (Å²) in [6, 6.07) is 5.50. The van der Waals surface area contributed by atoms with E-state index in [4.69, 9.17) is 0 Å². The van der Waals surface area contributed by atoms with Crippen LogP contribution in [0.1, 0.15) is 57.7 Å². The standard InChI is InChI=1S/C22H32N4O3S/c1-17-8-4-7-15-26(17)22(27)12-11-21-23-19-16-18(9-10-20(19)24(21)2)30(28,29)25-13-5-3-6-14-25/h9-10,16-17H,3-8,11-15H2,1-2H3. The molecular formula is C22H32N4O3S. The summed E-state index contributed by atoms with van der Waals surface area (Å²) in [6.45, 7) is 4.15. The molecule has 0 aliphatic carbocycles. The zero-order chi connectivity index (χ0) is 21.3. The van der Waals surface area contributed by atoms with Crippen LogP contribution in [0.15, 0.2) is 23.1 Å². The van der Waals surface area contributed by atoms with Gasteiger partial charge in [0.25, 0.3) is 0 Å². The highest BCUT2D eigenvalue weighted by atomic mass is 32.2. The highest BCUT2D eigenvalue weighted by molar-refractivity contribution is 7.89. The van der Waals surface area contributed by atoms with Crippen molar-refractivity contribution < 1.29 is 13.2 Å². The van der Waals surface area contributed by atoms with Crippen LogP contribution >= 0.6 is 0 Å². The van der Waals surface area contributed by atoms with E-state index in [0.717, 1.165) is 50.0 Å². The predicted octanol–water partition coefficient (Wildman–Crippen LogP) is 3.08. The SMILES string of the molecule is CC1CCCCN1C(=O)CCc1nc2cc(S(=O)(=O)N3CCCCC3)ccc2n1C. The van der Waals surface area contributed by atoms with Crippen LogP contribution in [0.5, 0.6) is 0 Å². The molecule has 2 fully saturated rings. The minimum atomic E-state index is -3.48. The molecule has 0 spiro atoms. The monoisotopic (exact) mass is 432 g/mol. The van der Waals surface area contributed by atoms with E-state index in [-0.39, 0.29) is 5.91 Å². The lowest BCUT2D eigenvalue weighted by atomic mass is 10.0. The van der Waals surface area contributed by atoms with Crippen LogP contribution in [0, 0.1) is 0 Å². The highest BCUT2D eigenvalue weighted by Crippen LogP contribution is 2.25. The molecule has 1 aromatic heterocycles. The van der Waals surface area contributed by atoms with Crippen LogP contribution in [0.3, 0.4) is 0 Å². The number of carbonyl (C=O) groups is 1. The fourth-order valence-corrected chi connectivity index (χ4v) is 6.24. The minimum Gasteiger partial charge on any atom is -0.340 e. The minimum absolute atomic E-state index is 0.183. The molecule has 0 saturated carbocycles. The zero-order valence-electron chi connectivity index (χ0n) is 18.0. The van der Waals surface area contributed by atoms with Gasteiger partial charge in [-0.15, -0.1) is 0 Å². The molecule has 0 radical (unpaired) electrons. The number of aryl methyl sites for hydroxylation is 2. The van der Waals surface area contributed by atoms with Crippen LogP contribution in [0.4, 0.5) is 0 Å². The Kier molecular flexibility index (Phi) is 6.16. The number of hydrogen-bond acceptors (Lipinski definition) is 4. The van der Waals surface area contributed by atoms with Gasteiger partial charge in [0.15, 0.2) is 0 Å². The van der Waals surface area contributed by atoms with Gasteiger partial charge in [0.1, 0.15) is 5.82 Å². The summed E-state index contributed by atoms with van der Waals surface area (Å²) in [7, 11) is -1.55. The fraction of sp³-hybridized carbons (Fsp3) is 0.636. The van der Waals surface area contributed by atoms with Gasteiger partial charge in [0.05, 0.1) is 15.9 Å². The molecule has 0 bridgehead atoms. The van der Waals surface area contributed by atoms with Crippen molar-refractivity contribution in [2.45, 2.75) is 69.2 Å². The van der Waals surface area contributed by atoms with Crippen LogP contribution in [-0.4, -0.2) is 58.8 Å². The first-order valence-corrected chi connectivity index (χ1v) is 12.6. The van der Waals surface area contributed by atoms with Crippen molar-refractivity contribution in [3.8, 4) is 0 Å². The van der Waals surface area contributed by atoms with Crippen molar-refractivity contribution in [3.05, 3.63) is 24.0 Å². The maximum atomic E-state index is 13.0. The Balaban J connectivity index is 1.51. The molecule has 1 atom stereocenters. The topological polar surface area (TPSA) is 75.5 Å². The van der Waals surface area contributed by atoms with E-state index < -0.39 is 10.0 Å². The summed E-state index contributed by atoms with van der Waals surface area (Å²) < 4.78 is 29.5. The van der Waals surface area contributed by atoms with Crippen molar-refractivity contribution in [2.24, 2.45) is 7.05 Å². The molecule has 1 amide bonds. The maximum absolute atomic E-state index is 13.0. The lowest BCUT2D eigenvalue weighted by molar-refractivity contribution is -0.134. The Labute approximate surface area is 179 Å². The van der Waals surface area contributed by atoms with Crippen LogP contribution in [-0.2, 0) is 28.3 Å². The molecule has 0 N–H and O–H groups in total. The Morgan fingerprint density at radius 3 is 2.57 bits per heavy atom. The van der Waals surface area contributed by atoms with E-state index in [1.54, 1.807) is 16.4 Å². The molecule has 1 aromatic carbocycles. The molecular weight excluding hydrogens is 400 g/mol. The molecule has 3 heterocycles.